The van der Waals surface area contributed by atoms with Crippen LogP contribution >= 0.6 is 0 Å². The van der Waals surface area contributed by atoms with Gasteiger partial charge >= 0.3 is 0 Å². The number of aryl methyl sites for hydroxylation is 1. The van der Waals surface area contributed by atoms with Crippen molar-refractivity contribution < 1.29 is 9.84 Å². The van der Waals surface area contributed by atoms with Crippen molar-refractivity contribution in [1.29, 1.82) is 0 Å². The maximum atomic E-state index is 10.7. The number of hydrogen-bond donors (Lipinski definition) is 1. The van der Waals surface area contributed by atoms with Crippen LogP contribution in [0.25, 0.3) is 0 Å². The van der Waals surface area contributed by atoms with Gasteiger partial charge in [-0.2, -0.15) is 0 Å². The number of methoxy groups -OCH3 is 1. The summed E-state index contributed by atoms with van der Waals surface area (Å²) < 4.78 is 5.17. The van der Waals surface area contributed by atoms with Crippen LogP contribution in [0.5, 0.6) is 0 Å². The Morgan fingerprint density at radius 3 is 2.38 bits per heavy atom. The summed E-state index contributed by atoms with van der Waals surface area (Å²) in [7, 11) is 1.65. The van der Waals surface area contributed by atoms with Gasteiger partial charge in [0, 0.05) is 7.11 Å². The van der Waals surface area contributed by atoms with Crippen molar-refractivity contribution in [3.05, 3.63) is 35.4 Å². The van der Waals surface area contributed by atoms with E-state index in [0.717, 1.165) is 24.8 Å². The van der Waals surface area contributed by atoms with E-state index in [1.165, 1.54) is 5.56 Å². The fourth-order valence-corrected chi connectivity index (χ4v) is 2.25. The largest absolute Gasteiger partial charge is 0.382 e. The van der Waals surface area contributed by atoms with Crippen LogP contribution in [0.2, 0.25) is 0 Å². The minimum atomic E-state index is -0.777. The van der Waals surface area contributed by atoms with Crippen molar-refractivity contribution in [1.82, 2.24) is 0 Å². The van der Waals surface area contributed by atoms with Gasteiger partial charge in [-0.15, -0.1) is 0 Å². The molecule has 1 aliphatic rings. The molecule has 0 amide bonds. The summed E-state index contributed by atoms with van der Waals surface area (Å²) in [6, 6.07) is 8.27. The Hall–Kier alpha value is -0.860. The molecule has 0 saturated heterocycles. The van der Waals surface area contributed by atoms with Crippen LogP contribution in [0.1, 0.15) is 30.9 Å². The summed E-state index contributed by atoms with van der Waals surface area (Å²) in [5, 5.41) is 10.7. The molecule has 1 fully saturated rings. The number of hydrogen-bond acceptors (Lipinski definition) is 2. The van der Waals surface area contributed by atoms with Crippen molar-refractivity contribution >= 4 is 0 Å². The Balaban J connectivity index is 2.24. The maximum absolute atomic E-state index is 10.7. The molecule has 16 heavy (non-hydrogen) atoms. The molecule has 0 spiro atoms. The molecule has 1 unspecified atom stereocenters. The van der Waals surface area contributed by atoms with Crippen LogP contribution in [-0.4, -0.2) is 18.8 Å². The average molecular weight is 220 g/mol. The molecule has 0 aliphatic heterocycles. The lowest BCUT2D eigenvalue weighted by Gasteiger charge is -2.28. The molecular formula is C14H20O2. The minimum absolute atomic E-state index is 0.375. The first-order valence-electron chi connectivity index (χ1n) is 6.01. The molecule has 0 aromatic heterocycles. The highest BCUT2D eigenvalue weighted by molar-refractivity contribution is 5.29. The van der Waals surface area contributed by atoms with E-state index in [9.17, 15) is 5.11 Å². The van der Waals surface area contributed by atoms with Crippen molar-refractivity contribution in [2.75, 3.05) is 13.7 Å². The third kappa shape index (κ3) is 2.13. The van der Waals surface area contributed by atoms with Crippen LogP contribution in [0.15, 0.2) is 24.3 Å². The Kier molecular flexibility index (Phi) is 3.31. The van der Waals surface area contributed by atoms with E-state index in [1.807, 2.05) is 12.1 Å². The lowest BCUT2D eigenvalue weighted by molar-refractivity contribution is -0.0532. The minimum Gasteiger partial charge on any atom is -0.382 e. The zero-order chi connectivity index (χ0) is 11.6. The standard InChI is InChI=1S/C14H20O2/c1-3-11-4-6-12(7-5-11)14(15,10-16-2)13-8-9-13/h4-7,13,15H,3,8-10H2,1-2H3. The highest BCUT2D eigenvalue weighted by Gasteiger charge is 2.45. The van der Waals surface area contributed by atoms with E-state index in [2.05, 4.69) is 19.1 Å². The molecule has 0 radical (unpaired) electrons. The van der Waals surface area contributed by atoms with Gasteiger partial charge in [-0.3, -0.25) is 0 Å². The van der Waals surface area contributed by atoms with Gasteiger partial charge < -0.3 is 9.84 Å². The summed E-state index contributed by atoms with van der Waals surface area (Å²) in [5.41, 5.74) is 1.52. The predicted molar refractivity (Wildman–Crippen MR) is 64.3 cm³/mol. The monoisotopic (exact) mass is 220 g/mol. The summed E-state index contributed by atoms with van der Waals surface area (Å²) in [6.45, 7) is 2.53. The van der Waals surface area contributed by atoms with Crippen LogP contribution in [0.4, 0.5) is 0 Å². The van der Waals surface area contributed by atoms with E-state index in [0.29, 0.717) is 12.5 Å². The summed E-state index contributed by atoms with van der Waals surface area (Å²) >= 11 is 0. The topological polar surface area (TPSA) is 29.5 Å². The smallest absolute Gasteiger partial charge is 0.116 e. The second-order valence-corrected chi connectivity index (χ2v) is 4.68. The fraction of sp³-hybridized carbons (Fsp3) is 0.571. The second-order valence-electron chi connectivity index (χ2n) is 4.68. The van der Waals surface area contributed by atoms with Gasteiger partial charge in [0.05, 0.1) is 6.61 Å². The van der Waals surface area contributed by atoms with Crippen molar-refractivity contribution in [3.63, 3.8) is 0 Å². The molecule has 1 atom stereocenters. The Morgan fingerprint density at radius 2 is 1.94 bits per heavy atom. The lowest BCUT2D eigenvalue weighted by Crippen LogP contribution is -2.33. The normalized spacial score (nSPS) is 19.4. The number of benzene rings is 1. The van der Waals surface area contributed by atoms with Crippen LogP contribution < -0.4 is 0 Å². The SMILES string of the molecule is CCc1ccc(C(O)(COC)C2CC2)cc1. The zero-order valence-corrected chi connectivity index (χ0v) is 10.1. The summed E-state index contributed by atoms with van der Waals surface area (Å²) in [4.78, 5) is 0. The van der Waals surface area contributed by atoms with Gasteiger partial charge in [0.25, 0.3) is 0 Å². The fourth-order valence-electron chi connectivity index (χ4n) is 2.25. The Bertz CT molecular complexity index is 340. The molecular weight excluding hydrogens is 200 g/mol. The quantitative estimate of drug-likeness (QED) is 0.826. The van der Waals surface area contributed by atoms with Crippen LogP contribution in [0, 0.1) is 5.92 Å². The van der Waals surface area contributed by atoms with Gasteiger partial charge in [-0.05, 0) is 36.3 Å². The van der Waals surface area contributed by atoms with Gasteiger partial charge in [0.2, 0.25) is 0 Å². The molecule has 1 N–H and O–H groups in total. The first kappa shape index (κ1) is 11.6. The molecule has 2 nitrogen and oxygen atoms in total. The van der Waals surface area contributed by atoms with Crippen molar-refractivity contribution in [2.45, 2.75) is 31.8 Å². The first-order valence-corrected chi connectivity index (χ1v) is 6.01. The van der Waals surface area contributed by atoms with Crippen molar-refractivity contribution in [2.24, 2.45) is 5.92 Å². The van der Waals surface area contributed by atoms with Crippen LogP contribution in [-0.2, 0) is 16.8 Å². The molecule has 2 rings (SSSR count). The van der Waals surface area contributed by atoms with Crippen LogP contribution in [0.3, 0.4) is 0 Å². The highest BCUT2D eigenvalue weighted by Crippen LogP contribution is 2.45. The van der Waals surface area contributed by atoms with E-state index in [-0.39, 0.29) is 0 Å². The molecule has 1 aromatic carbocycles. The second kappa shape index (κ2) is 4.56. The average Bonchev–Trinajstić information content (AvgIpc) is 3.13. The lowest BCUT2D eigenvalue weighted by atomic mass is 9.89. The number of aliphatic hydroxyl groups is 1. The summed E-state index contributed by atoms with van der Waals surface area (Å²) in [6.07, 6.45) is 3.25. The maximum Gasteiger partial charge on any atom is 0.116 e. The highest BCUT2D eigenvalue weighted by atomic mass is 16.5. The van der Waals surface area contributed by atoms with Crippen molar-refractivity contribution in [3.8, 4) is 0 Å². The molecule has 1 aliphatic carbocycles. The molecule has 1 saturated carbocycles. The van der Waals surface area contributed by atoms with Gasteiger partial charge in [-0.25, -0.2) is 0 Å². The zero-order valence-electron chi connectivity index (χ0n) is 10.1. The molecule has 2 heteroatoms. The van der Waals surface area contributed by atoms with E-state index < -0.39 is 5.60 Å². The molecule has 1 aromatic rings. The van der Waals surface area contributed by atoms with Gasteiger partial charge in [0.15, 0.2) is 0 Å². The first-order chi connectivity index (χ1) is 7.70. The predicted octanol–water partition coefficient (Wildman–Crippen LogP) is 2.49. The third-order valence-corrected chi connectivity index (χ3v) is 3.48. The Morgan fingerprint density at radius 1 is 1.31 bits per heavy atom. The molecule has 0 heterocycles. The Labute approximate surface area is 97.3 Å². The molecule has 88 valence electrons. The molecule has 0 bridgehead atoms. The number of rotatable bonds is 5. The third-order valence-electron chi connectivity index (χ3n) is 3.48. The van der Waals surface area contributed by atoms with E-state index in [4.69, 9.17) is 4.74 Å². The number of ether oxygens (including phenoxy) is 1. The van der Waals surface area contributed by atoms with Gasteiger partial charge in [-0.1, -0.05) is 31.2 Å². The van der Waals surface area contributed by atoms with E-state index >= 15 is 0 Å². The van der Waals surface area contributed by atoms with E-state index in [1.54, 1.807) is 7.11 Å². The summed E-state index contributed by atoms with van der Waals surface area (Å²) in [5.74, 6) is 0.375. The van der Waals surface area contributed by atoms with Gasteiger partial charge in [0.1, 0.15) is 5.60 Å².